The Morgan fingerprint density at radius 2 is 1.55 bits per heavy atom. The molecular formula is C17H32O5. The summed E-state index contributed by atoms with van der Waals surface area (Å²) in [5.74, 6) is -0.668. The first-order valence-electron chi connectivity index (χ1n) is 7.77. The average Bonchev–Trinajstić information content (AvgIpc) is 2.37. The molecule has 0 unspecified atom stereocenters. The minimum Gasteiger partial charge on any atom is -0.465 e. The molecular weight excluding hydrogens is 284 g/mol. The largest absolute Gasteiger partial charge is 0.465 e. The van der Waals surface area contributed by atoms with Crippen LogP contribution in [0.3, 0.4) is 0 Å². The molecule has 0 aromatic rings. The molecule has 0 fully saturated rings. The Labute approximate surface area is 134 Å². The maximum Gasteiger partial charge on any atom is 0.311 e. The molecule has 0 bridgehead atoms. The summed E-state index contributed by atoms with van der Waals surface area (Å²) in [4.78, 5) is 23.8. The molecule has 0 aromatic heterocycles. The predicted molar refractivity (Wildman–Crippen MR) is 85.5 cm³/mol. The number of hydrogen-bond acceptors (Lipinski definition) is 5. The van der Waals surface area contributed by atoms with Crippen LogP contribution in [0.4, 0.5) is 0 Å². The normalized spacial score (nSPS) is 12.9. The standard InChI is InChI=1S/C17H32O5/c1-9-15(2,3)14(19)21-11-10-13(18)22-17(6,7)16(4,5)12-20-8/h9-12H2,1-8H3. The molecule has 5 heteroatoms. The SMILES string of the molecule is CCC(C)(C)C(=O)OCCC(=O)OC(C)(C)C(C)(C)COC. The predicted octanol–water partition coefficient (Wildman–Crippen LogP) is 3.35. The molecule has 0 heterocycles. The van der Waals surface area contributed by atoms with Gasteiger partial charge in [0.25, 0.3) is 0 Å². The lowest BCUT2D eigenvalue weighted by atomic mass is 9.78. The molecule has 0 rings (SSSR count). The molecule has 0 aliphatic carbocycles. The van der Waals surface area contributed by atoms with E-state index in [9.17, 15) is 9.59 Å². The van der Waals surface area contributed by atoms with Crippen molar-refractivity contribution >= 4 is 11.9 Å². The fourth-order valence-electron chi connectivity index (χ4n) is 1.58. The first-order chi connectivity index (χ1) is 9.89. The van der Waals surface area contributed by atoms with E-state index in [1.165, 1.54) is 0 Å². The lowest BCUT2D eigenvalue weighted by Gasteiger charge is -2.40. The maximum atomic E-state index is 12.0. The molecule has 0 N–H and O–H groups in total. The molecule has 5 nitrogen and oxygen atoms in total. The highest BCUT2D eigenvalue weighted by Gasteiger charge is 2.40. The first-order valence-corrected chi connectivity index (χ1v) is 7.77. The summed E-state index contributed by atoms with van der Waals surface area (Å²) >= 11 is 0. The molecule has 0 aliphatic heterocycles. The van der Waals surface area contributed by atoms with E-state index in [4.69, 9.17) is 14.2 Å². The number of carbonyl (C=O) groups is 2. The zero-order valence-corrected chi connectivity index (χ0v) is 15.4. The summed E-state index contributed by atoms with van der Waals surface area (Å²) in [6.07, 6.45) is 0.743. The van der Waals surface area contributed by atoms with E-state index in [0.717, 1.165) is 0 Å². The van der Waals surface area contributed by atoms with Crippen LogP contribution < -0.4 is 0 Å². The molecule has 0 radical (unpaired) electrons. The average molecular weight is 316 g/mol. The van der Waals surface area contributed by atoms with Crippen molar-refractivity contribution in [2.45, 2.75) is 66.9 Å². The van der Waals surface area contributed by atoms with E-state index in [1.54, 1.807) is 7.11 Å². The fraction of sp³-hybridized carbons (Fsp3) is 0.882. The Morgan fingerprint density at radius 1 is 1.00 bits per heavy atom. The molecule has 0 amide bonds. The summed E-state index contributed by atoms with van der Waals surface area (Å²) in [7, 11) is 1.62. The number of ether oxygens (including phenoxy) is 3. The van der Waals surface area contributed by atoms with E-state index >= 15 is 0 Å². The van der Waals surface area contributed by atoms with Crippen molar-refractivity contribution in [2.24, 2.45) is 10.8 Å². The van der Waals surface area contributed by atoms with Crippen molar-refractivity contribution in [1.82, 2.24) is 0 Å². The van der Waals surface area contributed by atoms with Crippen molar-refractivity contribution in [3.05, 3.63) is 0 Å². The van der Waals surface area contributed by atoms with Gasteiger partial charge in [0.05, 0.1) is 18.4 Å². The van der Waals surface area contributed by atoms with E-state index in [0.29, 0.717) is 13.0 Å². The van der Waals surface area contributed by atoms with Gasteiger partial charge in [0, 0.05) is 12.5 Å². The number of esters is 2. The molecule has 0 atom stereocenters. The van der Waals surface area contributed by atoms with Gasteiger partial charge >= 0.3 is 11.9 Å². The molecule has 130 valence electrons. The second kappa shape index (κ2) is 7.95. The van der Waals surface area contributed by atoms with Gasteiger partial charge in [-0.3, -0.25) is 9.59 Å². The third-order valence-electron chi connectivity index (χ3n) is 4.48. The number of hydrogen-bond donors (Lipinski definition) is 0. The van der Waals surface area contributed by atoms with Gasteiger partial charge < -0.3 is 14.2 Å². The van der Waals surface area contributed by atoms with Crippen molar-refractivity contribution in [3.63, 3.8) is 0 Å². The van der Waals surface area contributed by atoms with Gasteiger partial charge in [-0.15, -0.1) is 0 Å². The minimum atomic E-state index is -0.674. The van der Waals surface area contributed by atoms with Gasteiger partial charge in [-0.05, 0) is 34.1 Å². The van der Waals surface area contributed by atoms with E-state index < -0.39 is 11.0 Å². The van der Waals surface area contributed by atoms with Gasteiger partial charge in [0.1, 0.15) is 12.2 Å². The third kappa shape index (κ3) is 5.95. The topological polar surface area (TPSA) is 61.8 Å². The Bertz CT molecular complexity index is 383. The summed E-state index contributed by atoms with van der Waals surface area (Å²) in [5, 5.41) is 0. The number of carbonyl (C=O) groups excluding carboxylic acids is 2. The van der Waals surface area contributed by atoms with Crippen molar-refractivity contribution in [2.75, 3.05) is 20.3 Å². The zero-order chi connectivity index (χ0) is 17.6. The maximum absolute atomic E-state index is 12.0. The second-order valence-corrected chi connectivity index (χ2v) is 7.42. The summed E-state index contributed by atoms with van der Waals surface area (Å²) < 4.78 is 15.9. The van der Waals surface area contributed by atoms with Crippen LogP contribution in [0.5, 0.6) is 0 Å². The quantitative estimate of drug-likeness (QED) is 0.610. The van der Waals surface area contributed by atoms with Crippen molar-refractivity contribution in [3.8, 4) is 0 Å². The molecule has 22 heavy (non-hydrogen) atoms. The van der Waals surface area contributed by atoms with Crippen LogP contribution in [0.2, 0.25) is 0 Å². The van der Waals surface area contributed by atoms with Gasteiger partial charge in [0.15, 0.2) is 0 Å². The molecule has 0 aromatic carbocycles. The Kier molecular flexibility index (Phi) is 7.55. The highest BCUT2D eigenvalue weighted by molar-refractivity contribution is 5.76. The number of rotatable bonds is 9. The van der Waals surface area contributed by atoms with Gasteiger partial charge in [-0.1, -0.05) is 20.8 Å². The van der Waals surface area contributed by atoms with E-state index in [1.807, 2.05) is 48.5 Å². The van der Waals surface area contributed by atoms with Crippen LogP contribution in [0, 0.1) is 10.8 Å². The lowest BCUT2D eigenvalue weighted by Crippen LogP contribution is -2.46. The van der Waals surface area contributed by atoms with Gasteiger partial charge in [0.2, 0.25) is 0 Å². The first kappa shape index (κ1) is 20.9. The van der Waals surface area contributed by atoms with Crippen LogP contribution in [0.25, 0.3) is 0 Å². The highest BCUT2D eigenvalue weighted by Crippen LogP contribution is 2.34. The van der Waals surface area contributed by atoms with Gasteiger partial charge in [-0.25, -0.2) is 0 Å². The van der Waals surface area contributed by atoms with Crippen molar-refractivity contribution in [1.29, 1.82) is 0 Å². The zero-order valence-electron chi connectivity index (χ0n) is 15.4. The molecule has 0 saturated carbocycles. The van der Waals surface area contributed by atoms with Crippen molar-refractivity contribution < 1.29 is 23.8 Å². The number of methoxy groups -OCH3 is 1. The van der Waals surface area contributed by atoms with Crippen LogP contribution in [0.1, 0.15) is 61.3 Å². The van der Waals surface area contributed by atoms with Gasteiger partial charge in [-0.2, -0.15) is 0 Å². The molecule has 0 aliphatic rings. The van der Waals surface area contributed by atoms with Crippen LogP contribution in [0.15, 0.2) is 0 Å². The van der Waals surface area contributed by atoms with E-state index in [-0.39, 0.29) is 30.4 Å². The highest BCUT2D eigenvalue weighted by atomic mass is 16.6. The molecule has 0 spiro atoms. The van der Waals surface area contributed by atoms with E-state index in [2.05, 4.69) is 0 Å². The molecule has 0 saturated heterocycles. The smallest absolute Gasteiger partial charge is 0.311 e. The fourth-order valence-corrected chi connectivity index (χ4v) is 1.58. The Morgan fingerprint density at radius 3 is 2.00 bits per heavy atom. The summed E-state index contributed by atoms with van der Waals surface area (Å²) in [6.45, 7) is 13.8. The van der Waals surface area contributed by atoms with Crippen LogP contribution in [-0.4, -0.2) is 37.9 Å². The Balaban J connectivity index is 4.39. The summed E-state index contributed by atoms with van der Waals surface area (Å²) in [5.41, 5.74) is -1.52. The van der Waals surface area contributed by atoms with Crippen LogP contribution in [-0.2, 0) is 23.8 Å². The summed E-state index contributed by atoms with van der Waals surface area (Å²) in [6, 6.07) is 0. The van der Waals surface area contributed by atoms with Crippen LogP contribution >= 0.6 is 0 Å². The monoisotopic (exact) mass is 316 g/mol. The third-order valence-corrected chi connectivity index (χ3v) is 4.48. The lowest BCUT2D eigenvalue weighted by molar-refractivity contribution is -0.174. The minimum absolute atomic E-state index is 0.0435. The Hall–Kier alpha value is -1.10. The second-order valence-electron chi connectivity index (χ2n) is 7.42.